The third kappa shape index (κ3) is 2.25. The Balaban J connectivity index is 1.84. The molecule has 2 nitrogen and oxygen atoms in total. The maximum absolute atomic E-state index is 11.3. The molecule has 0 radical (unpaired) electrons. The number of hydrogen-bond acceptors (Lipinski definition) is 2. The molecular formula is C13H23NO. The van der Waals surface area contributed by atoms with Crippen LogP contribution in [0.15, 0.2) is 0 Å². The molecule has 2 saturated carbocycles. The van der Waals surface area contributed by atoms with Crippen LogP contribution in [0, 0.1) is 17.8 Å². The van der Waals surface area contributed by atoms with Crippen LogP contribution < -0.4 is 0 Å². The normalized spacial score (nSPS) is 36.1. The first-order chi connectivity index (χ1) is 7.08. The summed E-state index contributed by atoms with van der Waals surface area (Å²) in [7, 11) is 2.10. The van der Waals surface area contributed by atoms with E-state index >= 15 is 0 Å². The van der Waals surface area contributed by atoms with Crippen LogP contribution in [-0.4, -0.2) is 30.3 Å². The molecule has 4 atom stereocenters. The molecule has 0 aromatic carbocycles. The summed E-state index contributed by atoms with van der Waals surface area (Å²) in [6, 6.07) is 0.101. The van der Waals surface area contributed by atoms with Gasteiger partial charge in [-0.1, -0.05) is 6.42 Å². The van der Waals surface area contributed by atoms with Gasteiger partial charge in [-0.15, -0.1) is 0 Å². The van der Waals surface area contributed by atoms with Crippen molar-refractivity contribution in [3.63, 3.8) is 0 Å². The molecule has 0 amide bonds. The Kier molecular flexibility index (Phi) is 3.15. The van der Waals surface area contributed by atoms with Crippen molar-refractivity contribution in [2.45, 2.75) is 45.6 Å². The third-order valence-corrected chi connectivity index (χ3v) is 4.66. The average molecular weight is 209 g/mol. The van der Waals surface area contributed by atoms with E-state index in [1.54, 1.807) is 6.92 Å². The highest BCUT2D eigenvalue weighted by Gasteiger charge is 2.40. The van der Waals surface area contributed by atoms with Crippen LogP contribution in [0.2, 0.25) is 0 Å². The molecule has 2 bridgehead atoms. The van der Waals surface area contributed by atoms with Crippen LogP contribution in [0.4, 0.5) is 0 Å². The summed E-state index contributed by atoms with van der Waals surface area (Å²) in [5.74, 6) is 3.15. The van der Waals surface area contributed by atoms with Crippen LogP contribution in [0.25, 0.3) is 0 Å². The van der Waals surface area contributed by atoms with E-state index in [9.17, 15) is 4.79 Å². The molecule has 0 aromatic rings. The SMILES string of the molecule is CC(=O)C(C)N(C)CC1CC2CCC1C2. The molecular weight excluding hydrogens is 186 g/mol. The summed E-state index contributed by atoms with van der Waals surface area (Å²) in [6.07, 6.45) is 5.79. The van der Waals surface area contributed by atoms with Gasteiger partial charge >= 0.3 is 0 Å². The highest BCUT2D eigenvalue weighted by Crippen LogP contribution is 2.48. The van der Waals surface area contributed by atoms with E-state index in [2.05, 4.69) is 11.9 Å². The number of rotatable bonds is 4. The number of ketones is 1. The van der Waals surface area contributed by atoms with Crippen molar-refractivity contribution in [1.29, 1.82) is 0 Å². The molecule has 4 unspecified atom stereocenters. The predicted molar refractivity (Wildman–Crippen MR) is 61.7 cm³/mol. The number of likely N-dealkylation sites (N-methyl/N-ethyl adjacent to an activating group) is 1. The van der Waals surface area contributed by atoms with Gasteiger partial charge < -0.3 is 0 Å². The molecule has 2 rings (SSSR count). The van der Waals surface area contributed by atoms with Gasteiger partial charge in [0.25, 0.3) is 0 Å². The summed E-state index contributed by atoms with van der Waals surface area (Å²) in [5, 5.41) is 0. The molecule has 0 spiro atoms. The summed E-state index contributed by atoms with van der Waals surface area (Å²) >= 11 is 0. The molecule has 0 N–H and O–H groups in total. The smallest absolute Gasteiger partial charge is 0.146 e. The topological polar surface area (TPSA) is 20.3 Å². The van der Waals surface area contributed by atoms with Gasteiger partial charge in [-0.05, 0) is 57.9 Å². The Hall–Kier alpha value is -0.370. The van der Waals surface area contributed by atoms with Crippen molar-refractivity contribution in [2.75, 3.05) is 13.6 Å². The molecule has 0 heterocycles. The van der Waals surface area contributed by atoms with Crippen molar-refractivity contribution in [1.82, 2.24) is 4.90 Å². The molecule has 2 aliphatic carbocycles. The lowest BCUT2D eigenvalue weighted by Crippen LogP contribution is -2.39. The van der Waals surface area contributed by atoms with Gasteiger partial charge in [0.15, 0.2) is 0 Å². The summed E-state index contributed by atoms with van der Waals surface area (Å²) in [5.41, 5.74) is 0. The van der Waals surface area contributed by atoms with Gasteiger partial charge in [0.1, 0.15) is 5.78 Å². The number of fused-ring (bicyclic) bond motifs is 2. The summed E-state index contributed by atoms with van der Waals surface area (Å²) < 4.78 is 0. The fourth-order valence-corrected chi connectivity index (χ4v) is 3.44. The number of hydrogen-bond donors (Lipinski definition) is 0. The molecule has 2 heteroatoms. The van der Waals surface area contributed by atoms with E-state index in [1.165, 1.54) is 25.7 Å². The Morgan fingerprint density at radius 3 is 2.60 bits per heavy atom. The van der Waals surface area contributed by atoms with Crippen LogP contribution in [0.1, 0.15) is 39.5 Å². The van der Waals surface area contributed by atoms with Crippen LogP contribution in [0.3, 0.4) is 0 Å². The number of carbonyl (C=O) groups is 1. The van der Waals surface area contributed by atoms with Gasteiger partial charge in [-0.3, -0.25) is 9.69 Å². The highest BCUT2D eigenvalue weighted by atomic mass is 16.1. The zero-order chi connectivity index (χ0) is 11.0. The minimum absolute atomic E-state index is 0.101. The Labute approximate surface area is 93.0 Å². The second-order valence-corrected chi connectivity index (χ2v) is 5.66. The maximum Gasteiger partial charge on any atom is 0.146 e. The van der Waals surface area contributed by atoms with E-state index in [0.717, 1.165) is 24.3 Å². The molecule has 2 fully saturated rings. The van der Waals surface area contributed by atoms with Gasteiger partial charge in [0.2, 0.25) is 0 Å². The van der Waals surface area contributed by atoms with Crippen molar-refractivity contribution < 1.29 is 4.79 Å². The molecule has 15 heavy (non-hydrogen) atoms. The van der Waals surface area contributed by atoms with Crippen LogP contribution in [0.5, 0.6) is 0 Å². The van der Waals surface area contributed by atoms with E-state index in [-0.39, 0.29) is 6.04 Å². The van der Waals surface area contributed by atoms with Crippen molar-refractivity contribution in [3.05, 3.63) is 0 Å². The third-order valence-electron chi connectivity index (χ3n) is 4.66. The van der Waals surface area contributed by atoms with Crippen LogP contribution in [-0.2, 0) is 4.79 Å². The predicted octanol–water partition coefficient (Wildman–Crippen LogP) is 2.33. The Morgan fingerprint density at radius 2 is 2.13 bits per heavy atom. The lowest BCUT2D eigenvalue weighted by atomic mass is 9.88. The Morgan fingerprint density at radius 1 is 1.40 bits per heavy atom. The fourth-order valence-electron chi connectivity index (χ4n) is 3.44. The van der Waals surface area contributed by atoms with E-state index in [4.69, 9.17) is 0 Å². The van der Waals surface area contributed by atoms with Crippen molar-refractivity contribution in [2.24, 2.45) is 17.8 Å². The second kappa shape index (κ2) is 4.25. The monoisotopic (exact) mass is 209 g/mol. The fraction of sp³-hybridized carbons (Fsp3) is 0.923. The zero-order valence-corrected chi connectivity index (χ0v) is 10.2. The van der Waals surface area contributed by atoms with Gasteiger partial charge in [0, 0.05) is 6.54 Å². The summed E-state index contributed by atoms with van der Waals surface area (Å²) in [4.78, 5) is 13.5. The average Bonchev–Trinajstić information content (AvgIpc) is 2.77. The minimum atomic E-state index is 0.101. The lowest BCUT2D eigenvalue weighted by Gasteiger charge is -2.30. The molecule has 0 aromatic heterocycles. The standard InChI is InChI=1S/C13H23NO/c1-9(10(2)15)14(3)8-13-7-11-4-5-12(13)6-11/h9,11-13H,4-8H2,1-3H3. The lowest BCUT2D eigenvalue weighted by molar-refractivity contribution is -0.121. The molecule has 0 aliphatic heterocycles. The highest BCUT2D eigenvalue weighted by molar-refractivity contribution is 5.80. The quantitative estimate of drug-likeness (QED) is 0.708. The van der Waals surface area contributed by atoms with Gasteiger partial charge in [-0.2, -0.15) is 0 Å². The Bertz CT molecular complexity index is 251. The van der Waals surface area contributed by atoms with E-state index in [0.29, 0.717) is 5.78 Å². The van der Waals surface area contributed by atoms with E-state index < -0.39 is 0 Å². The number of nitrogens with zero attached hydrogens (tertiary/aromatic N) is 1. The first kappa shape index (κ1) is 11.1. The zero-order valence-electron chi connectivity index (χ0n) is 10.2. The molecule has 2 aliphatic rings. The maximum atomic E-state index is 11.3. The van der Waals surface area contributed by atoms with Crippen molar-refractivity contribution in [3.8, 4) is 0 Å². The van der Waals surface area contributed by atoms with E-state index in [1.807, 2.05) is 6.92 Å². The van der Waals surface area contributed by atoms with Crippen LogP contribution >= 0.6 is 0 Å². The van der Waals surface area contributed by atoms with Crippen molar-refractivity contribution >= 4 is 5.78 Å². The summed E-state index contributed by atoms with van der Waals surface area (Å²) in [6.45, 7) is 4.85. The molecule has 0 saturated heterocycles. The minimum Gasteiger partial charge on any atom is -0.298 e. The number of carbonyl (C=O) groups excluding carboxylic acids is 1. The van der Waals surface area contributed by atoms with Gasteiger partial charge in [0.05, 0.1) is 6.04 Å². The van der Waals surface area contributed by atoms with Gasteiger partial charge in [-0.25, -0.2) is 0 Å². The number of Topliss-reactive ketones (excluding diaryl/α,β-unsaturated/α-hetero) is 1. The largest absolute Gasteiger partial charge is 0.298 e. The first-order valence-corrected chi connectivity index (χ1v) is 6.28. The first-order valence-electron chi connectivity index (χ1n) is 6.28. The molecule has 86 valence electrons. The second-order valence-electron chi connectivity index (χ2n) is 5.66.